The highest BCUT2D eigenvalue weighted by atomic mass is 127. The number of nitrogens with zero attached hydrogens (tertiary/aromatic N) is 4. The van der Waals surface area contributed by atoms with Gasteiger partial charge in [0.25, 0.3) is 0 Å². The van der Waals surface area contributed by atoms with Crippen molar-refractivity contribution in [1.29, 1.82) is 0 Å². The molecule has 1 aromatic heterocycles. The highest BCUT2D eigenvalue weighted by molar-refractivity contribution is 14.0. The van der Waals surface area contributed by atoms with Crippen molar-refractivity contribution in [2.45, 2.75) is 19.3 Å². The van der Waals surface area contributed by atoms with Crippen molar-refractivity contribution in [2.75, 3.05) is 27.2 Å². The predicted octanol–water partition coefficient (Wildman–Crippen LogP) is 2.24. The molecule has 2 rings (SSSR count). The smallest absolute Gasteiger partial charge is 0.352 e. The van der Waals surface area contributed by atoms with Gasteiger partial charge in [-0.05, 0) is 17.2 Å². The van der Waals surface area contributed by atoms with E-state index in [1.54, 1.807) is 10.9 Å². The minimum Gasteiger partial charge on any atom is -0.352 e. The average Bonchev–Trinajstić information content (AvgIpc) is 3.14. The van der Waals surface area contributed by atoms with E-state index in [0.717, 1.165) is 18.2 Å². The van der Waals surface area contributed by atoms with E-state index < -0.39 is 18.6 Å². The number of halogens is 4. The van der Waals surface area contributed by atoms with Crippen LogP contribution in [-0.2, 0) is 17.9 Å². The van der Waals surface area contributed by atoms with E-state index in [1.165, 1.54) is 7.05 Å². The summed E-state index contributed by atoms with van der Waals surface area (Å²) in [4.78, 5) is 16.4. The third-order valence-electron chi connectivity index (χ3n) is 3.93. The molecule has 1 heterocycles. The minimum absolute atomic E-state index is 0. The molecule has 0 aliphatic carbocycles. The molecule has 0 saturated carbocycles. The van der Waals surface area contributed by atoms with Crippen LogP contribution in [0.15, 0.2) is 47.7 Å². The SMILES string of the molecule is CN=C(NCC(=O)N(C)CC(F)(F)F)NCc1ccccc1Cn1cccn1.I. The van der Waals surface area contributed by atoms with Gasteiger partial charge in [0.15, 0.2) is 5.96 Å². The molecule has 0 radical (unpaired) electrons. The number of benzene rings is 1. The van der Waals surface area contributed by atoms with Crippen molar-refractivity contribution < 1.29 is 18.0 Å². The van der Waals surface area contributed by atoms with Crippen LogP contribution in [0.5, 0.6) is 0 Å². The minimum atomic E-state index is -4.43. The van der Waals surface area contributed by atoms with Crippen LogP contribution in [0.3, 0.4) is 0 Å². The number of guanidine groups is 1. The second-order valence-electron chi connectivity index (χ2n) is 6.12. The summed E-state index contributed by atoms with van der Waals surface area (Å²) in [5.41, 5.74) is 2.08. The lowest BCUT2D eigenvalue weighted by molar-refractivity contribution is -0.157. The maximum atomic E-state index is 12.4. The summed E-state index contributed by atoms with van der Waals surface area (Å²) < 4.78 is 38.9. The zero-order valence-corrected chi connectivity index (χ0v) is 18.4. The van der Waals surface area contributed by atoms with Crippen molar-refractivity contribution in [1.82, 2.24) is 25.3 Å². The number of hydrogen-bond donors (Lipinski definition) is 2. The van der Waals surface area contributed by atoms with Crippen molar-refractivity contribution in [3.05, 3.63) is 53.9 Å². The largest absolute Gasteiger partial charge is 0.406 e. The van der Waals surface area contributed by atoms with E-state index >= 15 is 0 Å². The second kappa shape index (κ2) is 11.6. The van der Waals surface area contributed by atoms with Gasteiger partial charge < -0.3 is 15.5 Å². The van der Waals surface area contributed by atoms with E-state index in [9.17, 15) is 18.0 Å². The molecule has 11 heteroatoms. The predicted molar refractivity (Wildman–Crippen MR) is 115 cm³/mol. The summed E-state index contributed by atoms with van der Waals surface area (Å²) in [6.45, 7) is -0.539. The number of alkyl halides is 3. The fourth-order valence-corrected chi connectivity index (χ4v) is 2.50. The monoisotopic (exact) mass is 524 g/mol. The normalized spacial score (nSPS) is 11.6. The van der Waals surface area contributed by atoms with Crippen LogP contribution in [-0.4, -0.2) is 59.9 Å². The Labute approximate surface area is 184 Å². The molecule has 7 nitrogen and oxygen atoms in total. The van der Waals surface area contributed by atoms with Gasteiger partial charge in [-0.2, -0.15) is 18.3 Å². The standard InChI is InChI=1S/C18H23F3N6O.HI/c1-22-17(24-11-16(28)26(2)13-18(19,20)21)23-10-14-6-3-4-7-15(14)12-27-9-5-8-25-27;/h3-9H,10-13H2,1-2H3,(H2,22,23,24);1H. The van der Waals surface area contributed by atoms with Crippen molar-refractivity contribution >= 4 is 35.8 Å². The lowest BCUT2D eigenvalue weighted by atomic mass is 10.1. The average molecular weight is 524 g/mol. The highest BCUT2D eigenvalue weighted by Gasteiger charge is 2.31. The lowest BCUT2D eigenvalue weighted by Gasteiger charge is -2.20. The molecule has 0 spiro atoms. The van der Waals surface area contributed by atoms with Crippen molar-refractivity contribution in [3.8, 4) is 0 Å². The Kier molecular flexibility index (Phi) is 9.92. The molecule has 0 unspecified atom stereocenters. The van der Waals surface area contributed by atoms with Gasteiger partial charge in [0, 0.05) is 33.0 Å². The molecule has 0 aliphatic heterocycles. The quantitative estimate of drug-likeness (QED) is 0.331. The molecular formula is C18H24F3IN6O. The molecule has 2 N–H and O–H groups in total. The van der Waals surface area contributed by atoms with Crippen molar-refractivity contribution in [2.24, 2.45) is 4.99 Å². The molecule has 0 aliphatic rings. The number of nitrogens with one attached hydrogen (secondary N) is 2. The number of hydrogen-bond acceptors (Lipinski definition) is 3. The maximum Gasteiger partial charge on any atom is 0.406 e. The van der Waals surface area contributed by atoms with E-state index in [0.29, 0.717) is 23.9 Å². The number of aliphatic imine (C=N–C) groups is 1. The maximum absolute atomic E-state index is 12.4. The van der Waals surface area contributed by atoms with Crippen molar-refractivity contribution in [3.63, 3.8) is 0 Å². The molecule has 1 amide bonds. The fourth-order valence-electron chi connectivity index (χ4n) is 2.50. The van der Waals surface area contributed by atoms with Gasteiger partial charge in [-0.25, -0.2) is 0 Å². The molecule has 0 bridgehead atoms. The summed E-state index contributed by atoms with van der Waals surface area (Å²) >= 11 is 0. The second-order valence-corrected chi connectivity index (χ2v) is 6.12. The molecule has 0 fully saturated rings. The van der Waals surface area contributed by atoms with Gasteiger partial charge >= 0.3 is 6.18 Å². The molecule has 0 atom stereocenters. The molecule has 1 aromatic carbocycles. The van der Waals surface area contributed by atoms with E-state index in [4.69, 9.17) is 0 Å². The summed E-state index contributed by atoms with van der Waals surface area (Å²) in [6, 6.07) is 9.64. The first kappa shape index (κ1) is 24.7. The molecule has 160 valence electrons. The van der Waals surface area contributed by atoms with Crippen LogP contribution in [0.1, 0.15) is 11.1 Å². The Morgan fingerprint density at radius 2 is 1.90 bits per heavy atom. The first-order valence-electron chi connectivity index (χ1n) is 8.58. The lowest BCUT2D eigenvalue weighted by Crippen LogP contribution is -2.45. The topological polar surface area (TPSA) is 74.6 Å². The number of carbonyl (C=O) groups is 1. The van der Waals surface area contributed by atoms with Gasteiger partial charge in [0.05, 0.1) is 13.1 Å². The van der Waals surface area contributed by atoms with Crippen LogP contribution in [0.2, 0.25) is 0 Å². The zero-order chi connectivity index (χ0) is 20.6. The van der Waals surface area contributed by atoms with Gasteiger partial charge in [0.2, 0.25) is 5.91 Å². The fraction of sp³-hybridized carbons (Fsp3) is 0.389. The van der Waals surface area contributed by atoms with Crippen LogP contribution >= 0.6 is 24.0 Å². The number of carbonyl (C=O) groups excluding carboxylic acids is 1. The summed E-state index contributed by atoms with van der Waals surface area (Å²) in [6.07, 6.45) is -0.851. The third kappa shape index (κ3) is 8.71. The Bertz CT molecular complexity index is 795. The number of likely N-dealkylation sites (N-methyl/N-ethyl adjacent to an activating group) is 1. The molecule has 29 heavy (non-hydrogen) atoms. The highest BCUT2D eigenvalue weighted by Crippen LogP contribution is 2.15. The van der Waals surface area contributed by atoms with E-state index in [2.05, 4.69) is 20.7 Å². The van der Waals surface area contributed by atoms with E-state index in [-0.39, 0.29) is 30.5 Å². The molecule has 2 aromatic rings. The summed E-state index contributed by atoms with van der Waals surface area (Å²) in [5.74, 6) is -0.359. The van der Waals surface area contributed by atoms with Crippen LogP contribution in [0.25, 0.3) is 0 Å². The first-order chi connectivity index (χ1) is 13.3. The number of rotatable bonds is 7. The van der Waals surface area contributed by atoms with Crippen LogP contribution in [0.4, 0.5) is 13.2 Å². The molecular weight excluding hydrogens is 500 g/mol. The third-order valence-corrected chi connectivity index (χ3v) is 3.93. The van der Waals surface area contributed by atoms with Crippen LogP contribution in [0, 0.1) is 0 Å². The Balaban J connectivity index is 0.00000420. The molecule has 0 saturated heterocycles. The number of aromatic nitrogens is 2. The van der Waals surface area contributed by atoms with Gasteiger partial charge in [-0.1, -0.05) is 24.3 Å². The van der Waals surface area contributed by atoms with Crippen LogP contribution < -0.4 is 10.6 Å². The Hall–Kier alpha value is -2.31. The first-order valence-corrected chi connectivity index (χ1v) is 8.58. The summed E-state index contributed by atoms with van der Waals surface area (Å²) in [7, 11) is 2.63. The Morgan fingerprint density at radius 1 is 1.21 bits per heavy atom. The van der Waals surface area contributed by atoms with E-state index in [1.807, 2.05) is 36.5 Å². The van der Waals surface area contributed by atoms with Gasteiger partial charge in [-0.3, -0.25) is 14.5 Å². The number of amides is 1. The van der Waals surface area contributed by atoms with Gasteiger partial charge in [0.1, 0.15) is 6.54 Å². The zero-order valence-electron chi connectivity index (χ0n) is 16.1. The Morgan fingerprint density at radius 3 is 2.48 bits per heavy atom. The summed E-state index contributed by atoms with van der Waals surface area (Å²) in [5, 5.41) is 9.99. The van der Waals surface area contributed by atoms with Gasteiger partial charge in [-0.15, -0.1) is 24.0 Å².